The number of amides is 1. The summed E-state index contributed by atoms with van der Waals surface area (Å²) in [5.74, 6) is 0.408. The molecule has 0 aliphatic rings. The van der Waals surface area contributed by atoms with Gasteiger partial charge >= 0.3 is 0 Å². The Kier molecular flexibility index (Phi) is 5.39. The van der Waals surface area contributed by atoms with E-state index in [0.717, 1.165) is 15.8 Å². The van der Waals surface area contributed by atoms with Crippen molar-refractivity contribution in [1.29, 1.82) is 0 Å². The van der Waals surface area contributed by atoms with E-state index < -0.39 is 0 Å². The van der Waals surface area contributed by atoms with Crippen molar-refractivity contribution in [2.45, 2.75) is 19.8 Å². The maximum Gasteiger partial charge on any atom is 0.243 e. The smallest absolute Gasteiger partial charge is 0.243 e. The van der Waals surface area contributed by atoms with Crippen LogP contribution in [0.4, 0.5) is 11.4 Å². The predicted octanol–water partition coefficient (Wildman–Crippen LogP) is 4.62. The second kappa shape index (κ2) is 7.27. The van der Waals surface area contributed by atoms with E-state index in [4.69, 9.17) is 0 Å². The maximum absolute atomic E-state index is 11.9. The Morgan fingerprint density at radius 3 is 2.52 bits per heavy atom. The van der Waals surface area contributed by atoms with Crippen molar-refractivity contribution in [3.05, 3.63) is 58.6 Å². The van der Waals surface area contributed by atoms with Crippen LogP contribution in [0, 0.1) is 0 Å². The van der Waals surface area contributed by atoms with Crippen molar-refractivity contribution >= 4 is 33.2 Å². The first-order valence-corrected chi connectivity index (χ1v) is 7.73. The Morgan fingerprint density at radius 1 is 1.10 bits per heavy atom. The molecule has 3 nitrogen and oxygen atoms in total. The van der Waals surface area contributed by atoms with Gasteiger partial charge in [0.2, 0.25) is 5.91 Å². The third-order valence-corrected chi connectivity index (χ3v) is 3.61. The third-order valence-electron chi connectivity index (χ3n) is 3.11. The average Bonchev–Trinajstić information content (AvgIpc) is 2.45. The van der Waals surface area contributed by atoms with Gasteiger partial charge in [0.25, 0.3) is 0 Å². The summed E-state index contributed by atoms with van der Waals surface area (Å²) in [6.07, 6.45) is 0. The van der Waals surface area contributed by atoms with Gasteiger partial charge in [0.1, 0.15) is 0 Å². The van der Waals surface area contributed by atoms with E-state index in [2.05, 4.69) is 52.5 Å². The quantitative estimate of drug-likeness (QED) is 0.828. The molecule has 1 amide bonds. The molecule has 0 heterocycles. The molecular weight excluding hydrogens is 328 g/mol. The molecule has 2 aromatic carbocycles. The number of nitrogens with one attached hydrogen (secondary N) is 2. The van der Waals surface area contributed by atoms with Gasteiger partial charge in [-0.1, -0.05) is 48.0 Å². The van der Waals surface area contributed by atoms with E-state index in [-0.39, 0.29) is 12.5 Å². The molecule has 2 rings (SSSR count). The summed E-state index contributed by atoms with van der Waals surface area (Å²) >= 11 is 3.38. The molecule has 110 valence electrons. The minimum atomic E-state index is -0.0666. The van der Waals surface area contributed by atoms with Crippen molar-refractivity contribution in [2.24, 2.45) is 0 Å². The molecule has 2 N–H and O–H groups in total. The van der Waals surface area contributed by atoms with Crippen LogP contribution in [-0.4, -0.2) is 12.5 Å². The zero-order chi connectivity index (χ0) is 15.2. The summed E-state index contributed by atoms with van der Waals surface area (Å²) in [6.45, 7) is 4.55. The second-order valence-electron chi connectivity index (χ2n) is 5.19. The molecule has 0 fully saturated rings. The van der Waals surface area contributed by atoms with Crippen LogP contribution in [0.25, 0.3) is 0 Å². The first kappa shape index (κ1) is 15.6. The standard InChI is InChI=1S/C17H19BrN2O/c1-12(2)13-5-3-7-15(9-13)19-11-17(21)20-16-8-4-6-14(18)10-16/h3-10,12,19H,11H2,1-2H3,(H,20,21). The summed E-state index contributed by atoms with van der Waals surface area (Å²) in [5.41, 5.74) is 3.00. The Morgan fingerprint density at radius 2 is 1.81 bits per heavy atom. The third kappa shape index (κ3) is 4.90. The van der Waals surface area contributed by atoms with Gasteiger partial charge in [0.05, 0.1) is 6.54 Å². The molecule has 21 heavy (non-hydrogen) atoms. The van der Waals surface area contributed by atoms with Crippen molar-refractivity contribution in [3.8, 4) is 0 Å². The molecule has 0 saturated carbocycles. The summed E-state index contributed by atoms with van der Waals surface area (Å²) in [7, 11) is 0. The fraction of sp³-hybridized carbons (Fsp3) is 0.235. The molecule has 0 aromatic heterocycles. The Labute approximate surface area is 133 Å². The molecule has 0 aliphatic heterocycles. The molecule has 0 radical (unpaired) electrons. The van der Waals surface area contributed by atoms with E-state index in [1.807, 2.05) is 36.4 Å². The molecule has 0 spiro atoms. The zero-order valence-corrected chi connectivity index (χ0v) is 13.8. The van der Waals surface area contributed by atoms with Gasteiger partial charge in [-0.25, -0.2) is 0 Å². The molecule has 0 saturated heterocycles. The Balaban J connectivity index is 1.90. The molecule has 2 aromatic rings. The van der Waals surface area contributed by atoms with Crippen LogP contribution in [0.2, 0.25) is 0 Å². The van der Waals surface area contributed by atoms with E-state index >= 15 is 0 Å². The number of halogens is 1. The lowest BCUT2D eigenvalue weighted by atomic mass is 10.0. The molecule has 0 unspecified atom stereocenters. The molecule has 0 aliphatic carbocycles. The number of benzene rings is 2. The predicted molar refractivity (Wildman–Crippen MR) is 91.8 cm³/mol. The van der Waals surface area contributed by atoms with Crippen LogP contribution in [0.3, 0.4) is 0 Å². The van der Waals surface area contributed by atoms with Crippen LogP contribution < -0.4 is 10.6 Å². The van der Waals surface area contributed by atoms with Crippen molar-refractivity contribution in [2.75, 3.05) is 17.2 Å². The van der Waals surface area contributed by atoms with Gasteiger partial charge in [-0.15, -0.1) is 0 Å². The van der Waals surface area contributed by atoms with Gasteiger partial charge < -0.3 is 10.6 Å². The fourth-order valence-electron chi connectivity index (χ4n) is 1.96. The van der Waals surface area contributed by atoms with Crippen molar-refractivity contribution in [3.63, 3.8) is 0 Å². The summed E-state index contributed by atoms with van der Waals surface area (Å²) in [6, 6.07) is 15.7. The minimum Gasteiger partial charge on any atom is -0.376 e. The van der Waals surface area contributed by atoms with E-state index in [0.29, 0.717) is 5.92 Å². The monoisotopic (exact) mass is 346 g/mol. The lowest BCUT2D eigenvalue weighted by molar-refractivity contribution is -0.114. The van der Waals surface area contributed by atoms with Crippen LogP contribution in [0.1, 0.15) is 25.3 Å². The maximum atomic E-state index is 11.9. The first-order chi connectivity index (χ1) is 10.0. The highest BCUT2D eigenvalue weighted by atomic mass is 79.9. The number of rotatable bonds is 5. The van der Waals surface area contributed by atoms with Crippen molar-refractivity contribution in [1.82, 2.24) is 0 Å². The molecule has 4 heteroatoms. The lowest BCUT2D eigenvalue weighted by Gasteiger charge is -2.11. The average molecular weight is 347 g/mol. The van der Waals surface area contributed by atoms with Gasteiger partial charge in [0.15, 0.2) is 0 Å². The van der Waals surface area contributed by atoms with Crippen molar-refractivity contribution < 1.29 is 4.79 Å². The summed E-state index contributed by atoms with van der Waals surface area (Å²) in [4.78, 5) is 11.9. The highest BCUT2D eigenvalue weighted by Crippen LogP contribution is 2.18. The van der Waals surface area contributed by atoms with E-state index in [1.165, 1.54) is 5.56 Å². The lowest BCUT2D eigenvalue weighted by Crippen LogP contribution is -2.21. The number of carbonyl (C=O) groups is 1. The number of hydrogen-bond donors (Lipinski definition) is 2. The second-order valence-corrected chi connectivity index (χ2v) is 6.11. The number of hydrogen-bond acceptors (Lipinski definition) is 2. The first-order valence-electron chi connectivity index (χ1n) is 6.94. The van der Waals surface area contributed by atoms with Crippen LogP contribution in [0.15, 0.2) is 53.0 Å². The Bertz CT molecular complexity index is 626. The van der Waals surface area contributed by atoms with Gasteiger partial charge in [-0.3, -0.25) is 4.79 Å². The number of anilines is 2. The van der Waals surface area contributed by atoms with Crippen LogP contribution >= 0.6 is 15.9 Å². The normalized spacial score (nSPS) is 10.5. The largest absolute Gasteiger partial charge is 0.376 e. The number of carbonyl (C=O) groups excluding carboxylic acids is 1. The van der Waals surface area contributed by atoms with Gasteiger partial charge in [0, 0.05) is 15.8 Å². The van der Waals surface area contributed by atoms with Gasteiger partial charge in [-0.2, -0.15) is 0 Å². The highest BCUT2D eigenvalue weighted by Gasteiger charge is 2.04. The molecular formula is C17H19BrN2O. The fourth-order valence-corrected chi connectivity index (χ4v) is 2.36. The molecule has 0 bridgehead atoms. The summed E-state index contributed by atoms with van der Waals surface area (Å²) in [5, 5.41) is 6.01. The van der Waals surface area contributed by atoms with Gasteiger partial charge in [-0.05, 0) is 41.8 Å². The SMILES string of the molecule is CC(C)c1cccc(NCC(=O)Nc2cccc(Br)c2)c1. The van der Waals surface area contributed by atoms with Crippen LogP contribution in [-0.2, 0) is 4.79 Å². The van der Waals surface area contributed by atoms with E-state index in [9.17, 15) is 4.79 Å². The molecule has 0 atom stereocenters. The minimum absolute atomic E-state index is 0.0666. The highest BCUT2D eigenvalue weighted by molar-refractivity contribution is 9.10. The summed E-state index contributed by atoms with van der Waals surface area (Å²) < 4.78 is 0.942. The topological polar surface area (TPSA) is 41.1 Å². The van der Waals surface area contributed by atoms with E-state index in [1.54, 1.807) is 0 Å². The van der Waals surface area contributed by atoms with Crippen LogP contribution in [0.5, 0.6) is 0 Å². The Hall–Kier alpha value is -1.81. The zero-order valence-electron chi connectivity index (χ0n) is 12.2.